The lowest BCUT2D eigenvalue weighted by atomic mass is 10.0. The lowest BCUT2D eigenvalue weighted by Gasteiger charge is -2.11. The third kappa shape index (κ3) is 6.68. The number of ether oxygens (including phenoxy) is 2. The number of halogens is 1. The van der Waals surface area contributed by atoms with Crippen molar-refractivity contribution in [2.24, 2.45) is 0 Å². The first-order chi connectivity index (χ1) is 13.4. The average molecular weight is 448 g/mol. The van der Waals surface area contributed by atoms with Gasteiger partial charge >= 0.3 is 5.97 Å². The zero-order chi connectivity index (χ0) is 20.5. The maximum Gasteiger partial charge on any atom is 0.338 e. The molecular formula is C22H26BrNO4. The number of carbonyl (C=O) groups is 2. The molecule has 0 spiro atoms. The molecule has 0 radical (unpaired) electrons. The van der Waals surface area contributed by atoms with E-state index in [1.165, 1.54) is 5.56 Å². The summed E-state index contributed by atoms with van der Waals surface area (Å²) in [6.07, 6.45) is 0.910. The van der Waals surface area contributed by atoms with Crippen LogP contribution in [-0.2, 0) is 9.53 Å². The van der Waals surface area contributed by atoms with E-state index in [0.29, 0.717) is 43.2 Å². The zero-order valence-electron chi connectivity index (χ0n) is 16.5. The Balaban J connectivity index is 1.79. The molecule has 0 atom stereocenters. The highest BCUT2D eigenvalue weighted by atomic mass is 79.9. The van der Waals surface area contributed by atoms with Gasteiger partial charge in [0, 0.05) is 12.1 Å². The van der Waals surface area contributed by atoms with Crippen LogP contribution in [0, 0.1) is 0 Å². The summed E-state index contributed by atoms with van der Waals surface area (Å²) >= 11 is 3.53. The summed E-state index contributed by atoms with van der Waals surface area (Å²) in [4.78, 5) is 23.9. The van der Waals surface area contributed by atoms with Gasteiger partial charge in [0.15, 0.2) is 0 Å². The average Bonchev–Trinajstić information content (AvgIpc) is 2.66. The highest BCUT2D eigenvalue weighted by Crippen LogP contribution is 2.29. The molecule has 0 saturated heterocycles. The second-order valence-electron chi connectivity index (χ2n) is 6.65. The minimum Gasteiger partial charge on any atom is -0.492 e. The minimum absolute atomic E-state index is 0.126. The molecule has 0 bridgehead atoms. The Kier molecular flexibility index (Phi) is 8.51. The van der Waals surface area contributed by atoms with Gasteiger partial charge in [-0.1, -0.05) is 26.0 Å². The van der Waals surface area contributed by atoms with Crippen LogP contribution in [0.1, 0.15) is 55.5 Å². The van der Waals surface area contributed by atoms with Crippen LogP contribution in [0.3, 0.4) is 0 Å². The van der Waals surface area contributed by atoms with Gasteiger partial charge in [-0.15, -0.1) is 0 Å². The number of hydrogen-bond donors (Lipinski definition) is 1. The van der Waals surface area contributed by atoms with Gasteiger partial charge in [-0.25, -0.2) is 4.79 Å². The normalized spacial score (nSPS) is 10.6. The molecule has 5 nitrogen and oxygen atoms in total. The third-order valence-corrected chi connectivity index (χ3v) is 4.71. The number of benzene rings is 2. The fourth-order valence-electron chi connectivity index (χ4n) is 2.57. The van der Waals surface area contributed by atoms with Crippen LogP contribution in [0.2, 0.25) is 0 Å². The smallest absolute Gasteiger partial charge is 0.338 e. The van der Waals surface area contributed by atoms with E-state index in [1.54, 1.807) is 31.2 Å². The van der Waals surface area contributed by atoms with Crippen LogP contribution in [-0.4, -0.2) is 25.1 Å². The Hall–Kier alpha value is -2.34. The Morgan fingerprint density at radius 3 is 2.61 bits per heavy atom. The predicted octanol–water partition coefficient (Wildman–Crippen LogP) is 5.55. The molecule has 1 amide bonds. The van der Waals surface area contributed by atoms with Gasteiger partial charge in [0.25, 0.3) is 0 Å². The van der Waals surface area contributed by atoms with Crippen molar-refractivity contribution in [3.05, 3.63) is 58.1 Å². The second-order valence-corrected chi connectivity index (χ2v) is 7.50. The molecule has 150 valence electrons. The highest BCUT2D eigenvalue weighted by molar-refractivity contribution is 9.10. The van der Waals surface area contributed by atoms with Crippen LogP contribution in [0.15, 0.2) is 46.9 Å². The fraction of sp³-hybridized carbons (Fsp3) is 0.364. The van der Waals surface area contributed by atoms with Crippen molar-refractivity contribution in [2.75, 3.05) is 18.5 Å². The largest absolute Gasteiger partial charge is 0.492 e. The first-order valence-corrected chi connectivity index (χ1v) is 10.2. The molecule has 0 aliphatic carbocycles. The van der Waals surface area contributed by atoms with Gasteiger partial charge in [-0.3, -0.25) is 4.79 Å². The molecular weight excluding hydrogens is 422 g/mol. The van der Waals surface area contributed by atoms with Gasteiger partial charge in [0.1, 0.15) is 5.75 Å². The van der Waals surface area contributed by atoms with Gasteiger partial charge in [0.2, 0.25) is 5.91 Å². The first-order valence-electron chi connectivity index (χ1n) is 9.40. The maximum atomic E-state index is 12.1. The molecule has 0 saturated carbocycles. The molecule has 0 fully saturated rings. The van der Waals surface area contributed by atoms with Crippen molar-refractivity contribution >= 4 is 33.5 Å². The molecule has 0 aliphatic rings. The number of amides is 1. The van der Waals surface area contributed by atoms with Crippen LogP contribution >= 0.6 is 15.9 Å². The van der Waals surface area contributed by atoms with Crippen LogP contribution in [0.5, 0.6) is 5.75 Å². The number of rotatable bonds is 9. The second kappa shape index (κ2) is 10.9. The number of hydrogen-bond acceptors (Lipinski definition) is 4. The summed E-state index contributed by atoms with van der Waals surface area (Å²) in [6, 6.07) is 12.8. The van der Waals surface area contributed by atoms with E-state index in [2.05, 4.69) is 41.2 Å². The lowest BCUT2D eigenvalue weighted by molar-refractivity contribution is -0.116. The number of esters is 1. The molecule has 0 aromatic heterocycles. The molecule has 2 rings (SSSR count). The first kappa shape index (κ1) is 22.0. The Bertz CT molecular complexity index is 820. The predicted molar refractivity (Wildman–Crippen MR) is 114 cm³/mol. The Morgan fingerprint density at radius 2 is 1.93 bits per heavy atom. The highest BCUT2D eigenvalue weighted by Gasteiger charge is 2.09. The molecule has 0 heterocycles. The standard InChI is InChI=1S/C22H26BrNO4/c1-4-27-22(26)17-7-5-8-18(13-17)24-21(25)9-6-12-28-20-11-10-16(15(2)3)14-19(20)23/h5,7-8,10-11,13-15H,4,6,9,12H2,1-3H3,(H,24,25). The molecule has 6 heteroatoms. The van der Waals surface area contributed by atoms with E-state index >= 15 is 0 Å². The van der Waals surface area contributed by atoms with Crippen LogP contribution in [0.4, 0.5) is 5.69 Å². The zero-order valence-corrected chi connectivity index (χ0v) is 18.0. The molecule has 0 unspecified atom stereocenters. The molecule has 0 aliphatic heterocycles. The summed E-state index contributed by atoms with van der Waals surface area (Å²) in [6.45, 7) is 6.79. The number of anilines is 1. The van der Waals surface area contributed by atoms with Crippen molar-refractivity contribution in [2.45, 2.75) is 39.5 Å². The van der Waals surface area contributed by atoms with Crippen LogP contribution < -0.4 is 10.1 Å². The summed E-state index contributed by atoms with van der Waals surface area (Å²) in [5.41, 5.74) is 2.23. The Labute approximate surface area is 174 Å². The van der Waals surface area contributed by atoms with Gasteiger partial charge in [-0.05, 0) is 71.1 Å². The van der Waals surface area contributed by atoms with Crippen molar-refractivity contribution in [1.29, 1.82) is 0 Å². The quantitative estimate of drug-likeness (QED) is 0.404. The maximum absolute atomic E-state index is 12.1. The van der Waals surface area contributed by atoms with E-state index in [4.69, 9.17) is 9.47 Å². The summed E-state index contributed by atoms with van der Waals surface area (Å²) in [7, 11) is 0. The molecule has 2 aromatic rings. The third-order valence-electron chi connectivity index (χ3n) is 4.09. The molecule has 2 aromatic carbocycles. The SMILES string of the molecule is CCOC(=O)c1cccc(NC(=O)CCCOc2ccc(C(C)C)cc2Br)c1. The summed E-state index contributed by atoms with van der Waals surface area (Å²) in [5.74, 6) is 0.697. The topological polar surface area (TPSA) is 64.6 Å². The van der Waals surface area contributed by atoms with E-state index in [0.717, 1.165) is 10.2 Å². The number of carbonyl (C=O) groups excluding carboxylic acids is 2. The monoisotopic (exact) mass is 447 g/mol. The van der Waals surface area contributed by atoms with Crippen molar-refractivity contribution in [3.8, 4) is 5.75 Å². The van der Waals surface area contributed by atoms with Gasteiger partial charge < -0.3 is 14.8 Å². The van der Waals surface area contributed by atoms with Gasteiger partial charge in [-0.2, -0.15) is 0 Å². The molecule has 1 N–H and O–H groups in total. The summed E-state index contributed by atoms with van der Waals surface area (Å²) < 4.78 is 11.6. The van der Waals surface area contributed by atoms with E-state index in [9.17, 15) is 9.59 Å². The molecule has 28 heavy (non-hydrogen) atoms. The minimum atomic E-state index is -0.402. The fourth-order valence-corrected chi connectivity index (χ4v) is 3.08. The van der Waals surface area contributed by atoms with E-state index in [1.807, 2.05) is 12.1 Å². The van der Waals surface area contributed by atoms with Crippen molar-refractivity contribution in [1.82, 2.24) is 0 Å². The Morgan fingerprint density at radius 1 is 1.14 bits per heavy atom. The summed E-state index contributed by atoms with van der Waals surface area (Å²) in [5, 5.41) is 2.80. The lowest BCUT2D eigenvalue weighted by Crippen LogP contribution is -2.13. The van der Waals surface area contributed by atoms with E-state index in [-0.39, 0.29) is 5.91 Å². The van der Waals surface area contributed by atoms with Crippen molar-refractivity contribution < 1.29 is 19.1 Å². The van der Waals surface area contributed by atoms with Gasteiger partial charge in [0.05, 0.1) is 23.2 Å². The number of nitrogens with one attached hydrogen (secondary N) is 1. The van der Waals surface area contributed by atoms with E-state index < -0.39 is 5.97 Å². The van der Waals surface area contributed by atoms with Crippen LogP contribution in [0.25, 0.3) is 0 Å². The van der Waals surface area contributed by atoms with Crippen molar-refractivity contribution in [3.63, 3.8) is 0 Å².